The van der Waals surface area contributed by atoms with Gasteiger partial charge in [-0.1, -0.05) is 27.2 Å². The molecule has 3 aliphatic rings. The summed E-state index contributed by atoms with van der Waals surface area (Å²) in [6.45, 7) is 7.09. The van der Waals surface area contributed by atoms with Crippen molar-refractivity contribution in [2.24, 2.45) is 23.5 Å². The number of nitro benzene ring substituents is 1. The van der Waals surface area contributed by atoms with Gasteiger partial charge >= 0.3 is 5.69 Å². The fourth-order valence-corrected chi connectivity index (χ4v) is 6.80. The molecule has 0 saturated heterocycles. The summed E-state index contributed by atoms with van der Waals surface area (Å²) in [5.41, 5.74) is 1.21. The number of primary amides is 1. The van der Waals surface area contributed by atoms with E-state index in [0.29, 0.717) is 24.3 Å². The molecule has 1 aromatic carbocycles. The number of Topliss-reactive ketones (excluding diaryl/α,β-unsaturated/α-hetero) is 2. The highest BCUT2D eigenvalue weighted by atomic mass is 16.6. The normalized spacial score (nSPS) is 25.5. The van der Waals surface area contributed by atoms with Gasteiger partial charge in [-0.25, -0.2) is 0 Å². The number of aliphatic hydroxyl groups is 3. The Hall–Kier alpha value is -3.97. The number of phenols is 1. The molecular formula is C29H38N4O9. The average Bonchev–Trinajstić information content (AvgIpc) is 2.88. The number of hydrogen-bond donors (Lipinski definition) is 5. The first-order chi connectivity index (χ1) is 19.6. The average molecular weight is 587 g/mol. The predicted molar refractivity (Wildman–Crippen MR) is 153 cm³/mol. The van der Waals surface area contributed by atoms with E-state index in [2.05, 4.69) is 0 Å². The number of nitrogens with zero attached hydrogens (tertiary/aromatic N) is 3. The zero-order valence-electron chi connectivity index (χ0n) is 24.4. The smallest absolute Gasteiger partial charge is 0.313 e. The van der Waals surface area contributed by atoms with Crippen LogP contribution >= 0.6 is 0 Å². The number of likely N-dealkylation sites (N-methyl/N-ethyl adjacent to an activating group) is 1. The van der Waals surface area contributed by atoms with Crippen LogP contribution < -0.4 is 10.6 Å². The Morgan fingerprint density at radius 3 is 2.40 bits per heavy atom. The van der Waals surface area contributed by atoms with Crippen LogP contribution in [-0.2, 0) is 20.8 Å². The number of carbonyl (C=O) groups excluding carboxylic acids is 3. The standard InChI is InChI=1S/C29H38N4O9/c1-6-7-8-32(12-13(2)3)17-11-18(33(41)42)23(34)20-15(17)9-14-10-16-22(31(4)5)25(36)21(28(30)39)27(38)29(16,40)26(37)19(14)24(20)35/h11,13-14,16,22,34-35,38,40H,6-10,12H2,1-5H3,(H2,30,39)/t14?,16?,22-,29-/m0/s1. The molecule has 2 unspecified atom stereocenters. The number of carbonyl (C=O) groups is 3. The summed E-state index contributed by atoms with van der Waals surface area (Å²) >= 11 is 0. The van der Waals surface area contributed by atoms with Crippen LogP contribution in [-0.4, -0.2) is 86.6 Å². The van der Waals surface area contributed by atoms with E-state index in [4.69, 9.17) is 5.73 Å². The number of hydrogen-bond acceptors (Lipinski definition) is 11. The van der Waals surface area contributed by atoms with Crippen LogP contribution in [0, 0.1) is 27.9 Å². The fourth-order valence-electron chi connectivity index (χ4n) is 6.80. The SMILES string of the molecule is CCCCN(CC(C)C)c1cc([N+](=O)[O-])c(O)c2c1CC1CC3[C@H](N(C)C)C(=O)C(C(N)=O)=C(O)[C@@]3(O)C(=O)C1=C2O. The summed E-state index contributed by atoms with van der Waals surface area (Å²) in [5.74, 6) is -7.92. The Labute approximate surface area is 243 Å². The third-order valence-electron chi connectivity index (χ3n) is 8.58. The number of nitro groups is 1. The maximum absolute atomic E-state index is 14.1. The molecular weight excluding hydrogens is 548 g/mol. The van der Waals surface area contributed by atoms with Gasteiger partial charge in [0.2, 0.25) is 11.5 Å². The minimum Gasteiger partial charge on any atom is -0.508 e. The number of nitrogens with two attached hydrogens (primary N) is 1. The number of ketones is 2. The van der Waals surface area contributed by atoms with Crippen LogP contribution in [0.25, 0.3) is 5.76 Å². The molecule has 0 heterocycles. The topological polar surface area (TPSA) is 208 Å². The number of anilines is 1. The summed E-state index contributed by atoms with van der Waals surface area (Å²) in [6.07, 6.45) is 1.62. The van der Waals surface area contributed by atoms with E-state index >= 15 is 0 Å². The van der Waals surface area contributed by atoms with Gasteiger partial charge in [0.25, 0.3) is 5.91 Å². The van der Waals surface area contributed by atoms with Gasteiger partial charge in [-0.2, -0.15) is 0 Å². The lowest BCUT2D eigenvalue weighted by molar-refractivity contribution is -0.385. The van der Waals surface area contributed by atoms with E-state index in [1.165, 1.54) is 25.1 Å². The van der Waals surface area contributed by atoms with Gasteiger partial charge in [0.1, 0.15) is 17.1 Å². The van der Waals surface area contributed by atoms with Crippen molar-refractivity contribution in [3.05, 3.63) is 44.2 Å². The predicted octanol–water partition coefficient (Wildman–Crippen LogP) is 2.13. The largest absolute Gasteiger partial charge is 0.508 e. The van der Waals surface area contributed by atoms with Crippen molar-refractivity contribution in [3.63, 3.8) is 0 Å². The quantitative estimate of drug-likeness (QED) is 0.161. The summed E-state index contributed by atoms with van der Waals surface area (Å²) in [6, 6.07) is 0.0838. The molecule has 1 saturated carbocycles. The molecule has 0 aliphatic heterocycles. The highest BCUT2D eigenvalue weighted by Crippen LogP contribution is 2.55. The van der Waals surface area contributed by atoms with E-state index in [9.17, 15) is 44.9 Å². The molecule has 0 aromatic heterocycles. The number of benzene rings is 1. The van der Waals surface area contributed by atoms with E-state index in [0.717, 1.165) is 12.8 Å². The number of phenolic OH excluding ortho intramolecular Hbond substituents is 1. The Balaban J connectivity index is 2.01. The third-order valence-corrected chi connectivity index (χ3v) is 8.58. The molecule has 4 atom stereocenters. The fraction of sp³-hybridized carbons (Fsp3) is 0.552. The Morgan fingerprint density at radius 2 is 1.88 bits per heavy atom. The summed E-state index contributed by atoms with van der Waals surface area (Å²) < 4.78 is 0. The molecule has 1 aromatic rings. The molecule has 13 nitrogen and oxygen atoms in total. The summed E-state index contributed by atoms with van der Waals surface area (Å²) in [4.78, 5) is 54.1. The van der Waals surface area contributed by atoms with Gasteiger partial charge in [-0.05, 0) is 50.8 Å². The molecule has 228 valence electrons. The summed E-state index contributed by atoms with van der Waals surface area (Å²) in [5, 5.41) is 57.3. The van der Waals surface area contributed by atoms with E-state index in [1.54, 1.807) is 0 Å². The lowest BCUT2D eigenvalue weighted by Gasteiger charge is -2.50. The Kier molecular flexibility index (Phi) is 8.13. The summed E-state index contributed by atoms with van der Waals surface area (Å²) in [7, 11) is 3.06. The van der Waals surface area contributed by atoms with Gasteiger partial charge in [-0.3, -0.25) is 29.4 Å². The Morgan fingerprint density at radius 1 is 1.24 bits per heavy atom. The first kappa shape index (κ1) is 31.0. The minimum absolute atomic E-state index is 0.0517. The van der Waals surface area contributed by atoms with Crippen LogP contribution in [0.5, 0.6) is 5.75 Å². The zero-order chi connectivity index (χ0) is 31.4. The van der Waals surface area contributed by atoms with Crippen molar-refractivity contribution in [2.45, 2.75) is 58.1 Å². The number of unbranched alkanes of at least 4 members (excludes halogenated alkanes) is 1. The third kappa shape index (κ3) is 4.60. The monoisotopic (exact) mass is 586 g/mol. The van der Waals surface area contributed by atoms with Crippen LogP contribution in [0.15, 0.2) is 23.0 Å². The second-order valence-electron chi connectivity index (χ2n) is 12.0. The number of aromatic hydroxyl groups is 1. The molecule has 13 heteroatoms. The molecule has 6 N–H and O–H groups in total. The molecule has 3 aliphatic carbocycles. The van der Waals surface area contributed by atoms with Gasteiger partial charge in [0, 0.05) is 36.3 Å². The lowest BCUT2D eigenvalue weighted by Crippen LogP contribution is -2.65. The highest BCUT2D eigenvalue weighted by Gasteiger charge is 2.64. The first-order valence-corrected chi connectivity index (χ1v) is 14.0. The maximum atomic E-state index is 14.1. The molecule has 1 fully saturated rings. The highest BCUT2D eigenvalue weighted by molar-refractivity contribution is 6.24. The second-order valence-corrected chi connectivity index (χ2v) is 12.0. The van der Waals surface area contributed by atoms with Crippen LogP contribution in [0.2, 0.25) is 0 Å². The number of amides is 1. The van der Waals surface area contributed by atoms with Gasteiger partial charge < -0.3 is 31.1 Å². The molecule has 0 bridgehead atoms. The van der Waals surface area contributed by atoms with Gasteiger partial charge in [0.05, 0.1) is 16.5 Å². The minimum atomic E-state index is -2.78. The van der Waals surface area contributed by atoms with E-state index in [-0.39, 0.29) is 29.9 Å². The Bertz CT molecular complexity index is 1430. The van der Waals surface area contributed by atoms with E-state index < -0.39 is 74.4 Å². The van der Waals surface area contributed by atoms with Crippen LogP contribution in [0.4, 0.5) is 11.4 Å². The van der Waals surface area contributed by atoms with Crippen molar-refractivity contribution < 1.29 is 39.7 Å². The molecule has 1 amide bonds. The first-order valence-electron chi connectivity index (χ1n) is 14.0. The van der Waals surface area contributed by atoms with Crippen molar-refractivity contribution in [1.82, 2.24) is 4.90 Å². The number of rotatable bonds is 9. The lowest BCUT2D eigenvalue weighted by atomic mass is 9.57. The molecule has 0 spiro atoms. The maximum Gasteiger partial charge on any atom is 0.313 e. The van der Waals surface area contributed by atoms with Crippen molar-refractivity contribution in [3.8, 4) is 5.75 Å². The van der Waals surface area contributed by atoms with Crippen molar-refractivity contribution >= 4 is 34.6 Å². The number of fused-ring (bicyclic) bond motifs is 3. The van der Waals surface area contributed by atoms with Gasteiger partial charge in [-0.15, -0.1) is 0 Å². The van der Waals surface area contributed by atoms with Gasteiger partial charge in [0.15, 0.2) is 11.4 Å². The molecule has 4 rings (SSSR count). The van der Waals surface area contributed by atoms with E-state index in [1.807, 2.05) is 25.7 Å². The molecule has 0 radical (unpaired) electrons. The second kappa shape index (κ2) is 11.0. The van der Waals surface area contributed by atoms with Crippen LogP contribution in [0.1, 0.15) is 51.2 Å². The number of aliphatic hydroxyl groups excluding tert-OH is 2. The zero-order valence-corrected chi connectivity index (χ0v) is 24.4. The molecule has 42 heavy (non-hydrogen) atoms. The van der Waals surface area contributed by atoms with Crippen LogP contribution in [0.3, 0.4) is 0 Å². The van der Waals surface area contributed by atoms with Crippen molar-refractivity contribution in [2.75, 3.05) is 32.1 Å². The van der Waals surface area contributed by atoms with Crippen molar-refractivity contribution in [1.29, 1.82) is 0 Å².